The average molecular weight is 446 g/mol. The van der Waals surface area contributed by atoms with Crippen LogP contribution in [0.4, 0.5) is 5.69 Å². The van der Waals surface area contributed by atoms with E-state index in [1.165, 1.54) is 24.3 Å². The first-order valence-electron chi connectivity index (χ1n) is 9.12. The summed E-state index contributed by atoms with van der Waals surface area (Å²) in [5.41, 5.74) is 4.49. The predicted octanol–water partition coefficient (Wildman–Crippen LogP) is 1.23. The van der Waals surface area contributed by atoms with Crippen molar-refractivity contribution in [3.8, 4) is 0 Å². The quantitative estimate of drug-likeness (QED) is 0.272. The summed E-state index contributed by atoms with van der Waals surface area (Å²) in [6.45, 7) is 3.25. The van der Waals surface area contributed by atoms with Crippen LogP contribution in [-0.4, -0.2) is 43.6 Å². The molecule has 11 heteroatoms. The molecule has 0 atom stereocenters. The Hall–Kier alpha value is -3.57. The van der Waals surface area contributed by atoms with E-state index in [9.17, 15) is 22.8 Å². The maximum Gasteiger partial charge on any atom is 0.329 e. The van der Waals surface area contributed by atoms with Gasteiger partial charge in [0.2, 0.25) is 10.0 Å². The van der Waals surface area contributed by atoms with Crippen molar-refractivity contribution >= 4 is 39.2 Å². The van der Waals surface area contributed by atoms with Crippen molar-refractivity contribution in [3.63, 3.8) is 0 Å². The number of nitrogens with one attached hydrogen (secondary N) is 3. The Labute approximate surface area is 179 Å². The highest BCUT2D eigenvalue weighted by Gasteiger charge is 2.15. The molecule has 2 aromatic carbocycles. The molecule has 31 heavy (non-hydrogen) atoms. The number of hydrazone groups is 1. The maximum absolute atomic E-state index is 12.1. The highest BCUT2D eigenvalue weighted by Crippen LogP contribution is 2.11. The van der Waals surface area contributed by atoms with Crippen LogP contribution in [0.25, 0.3) is 0 Å². The molecule has 2 amide bonds. The Bertz CT molecular complexity index is 1090. The summed E-state index contributed by atoms with van der Waals surface area (Å²) in [4.78, 5) is 34.3. The molecule has 0 saturated heterocycles. The lowest BCUT2D eigenvalue weighted by Crippen LogP contribution is -2.32. The number of anilines is 1. The van der Waals surface area contributed by atoms with Gasteiger partial charge in [-0.05, 0) is 43.7 Å². The van der Waals surface area contributed by atoms with Gasteiger partial charge in [-0.3, -0.25) is 14.4 Å². The van der Waals surface area contributed by atoms with E-state index in [-0.39, 0.29) is 17.9 Å². The molecule has 0 aliphatic carbocycles. The highest BCUT2D eigenvalue weighted by molar-refractivity contribution is 7.89. The molecule has 10 nitrogen and oxygen atoms in total. The lowest BCUT2D eigenvalue weighted by atomic mass is 10.1. The van der Waals surface area contributed by atoms with E-state index in [0.717, 1.165) is 5.56 Å². The van der Waals surface area contributed by atoms with Gasteiger partial charge in [0, 0.05) is 12.2 Å². The van der Waals surface area contributed by atoms with Crippen LogP contribution >= 0.6 is 0 Å². The number of amides is 2. The first kappa shape index (κ1) is 23.7. The second-order valence-electron chi connectivity index (χ2n) is 6.52. The van der Waals surface area contributed by atoms with Crippen LogP contribution in [0.15, 0.2) is 58.5 Å². The fourth-order valence-corrected chi connectivity index (χ4v) is 3.36. The van der Waals surface area contributed by atoms with E-state index in [1.807, 2.05) is 6.92 Å². The van der Waals surface area contributed by atoms with Crippen LogP contribution in [0.3, 0.4) is 0 Å². The Kier molecular flexibility index (Phi) is 8.00. The van der Waals surface area contributed by atoms with E-state index in [0.29, 0.717) is 17.0 Å². The molecule has 0 aliphatic heterocycles. The van der Waals surface area contributed by atoms with Gasteiger partial charge in [0.25, 0.3) is 0 Å². The summed E-state index contributed by atoms with van der Waals surface area (Å²) < 4.78 is 26.4. The second-order valence-corrected chi connectivity index (χ2v) is 8.29. The van der Waals surface area contributed by atoms with E-state index in [4.69, 9.17) is 5.11 Å². The molecule has 0 unspecified atom stereocenters. The van der Waals surface area contributed by atoms with Gasteiger partial charge in [0.1, 0.15) is 0 Å². The maximum atomic E-state index is 12.1. The van der Waals surface area contributed by atoms with Crippen molar-refractivity contribution in [2.24, 2.45) is 5.10 Å². The number of benzene rings is 2. The third-order valence-corrected chi connectivity index (χ3v) is 5.53. The lowest BCUT2D eigenvalue weighted by molar-refractivity contribution is -0.136. The van der Waals surface area contributed by atoms with Crippen molar-refractivity contribution < 1.29 is 27.9 Å². The summed E-state index contributed by atoms with van der Waals surface area (Å²) in [7, 11) is -3.84. The number of nitrogens with zero attached hydrogens (tertiary/aromatic N) is 1. The first-order valence-corrected chi connectivity index (χ1v) is 10.6. The number of aryl methyl sites for hydroxylation is 1. The molecule has 0 spiro atoms. The number of hydrogen-bond donors (Lipinski definition) is 4. The van der Waals surface area contributed by atoms with E-state index < -0.39 is 27.8 Å². The van der Waals surface area contributed by atoms with Crippen LogP contribution in [0.2, 0.25) is 0 Å². The second kappa shape index (κ2) is 10.5. The van der Waals surface area contributed by atoms with Gasteiger partial charge in [0.15, 0.2) is 0 Å². The fourth-order valence-electron chi connectivity index (χ4n) is 2.33. The van der Waals surface area contributed by atoms with Crippen LogP contribution in [0.5, 0.6) is 0 Å². The summed E-state index contributed by atoms with van der Waals surface area (Å²) >= 11 is 0. The Morgan fingerprint density at radius 2 is 1.58 bits per heavy atom. The Morgan fingerprint density at radius 3 is 2.16 bits per heavy atom. The molecule has 2 aromatic rings. The fraction of sp³-hybridized carbons (Fsp3) is 0.200. The van der Waals surface area contributed by atoms with Gasteiger partial charge in [-0.1, -0.05) is 29.8 Å². The third kappa shape index (κ3) is 7.32. The Balaban J connectivity index is 1.96. The summed E-state index contributed by atoms with van der Waals surface area (Å²) in [6.07, 6.45) is -0.333. The lowest BCUT2D eigenvalue weighted by Gasteiger charge is -2.07. The normalized spacial score (nSPS) is 11.6. The number of carboxylic acid groups (broad SMARTS) is 1. The number of aliphatic carboxylic acids is 1. The molecule has 0 radical (unpaired) electrons. The summed E-state index contributed by atoms with van der Waals surface area (Å²) in [5.74, 6) is -2.95. The van der Waals surface area contributed by atoms with Crippen molar-refractivity contribution in [3.05, 3.63) is 59.7 Å². The first-order chi connectivity index (χ1) is 14.6. The monoisotopic (exact) mass is 446 g/mol. The van der Waals surface area contributed by atoms with Crippen molar-refractivity contribution in [1.29, 1.82) is 0 Å². The SMILES string of the molecule is C/C(=N/NC(=O)C(=O)Nc1ccc(C)cc1)c1ccc(S(=O)(=O)NCCC(=O)O)cc1. The molecular formula is C20H22N4O6S. The molecule has 0 aliphatic rings. The predicted molar refractivity (Wildman–Crippen MR) is 114 cm³/mol. The molecule has 4 N–H and O–H groups in total. The van der Waals surface area contributed by atoms with Gasteiger partial charge >= 0.3 is 17.8 Å². The average Bonchev–Trinajstić information content (AvgIpc) is 2.73. The van der Waals surface area contributed by atoms with Gasteiger partial charge in [-0.25, -0.2) is 18.6 Å². The number of carbonyl (C=O) groups excluding carboxylic acids is 2. The molecular weight excluding hydrogens is 424 g/mol. The van der Waals surface area contributed by atoms with Crippen LogP contribution in [-0.2, 0) is 24.4 Å². The molecule has 164 valence electrons. The van der Waals surface area contributed by atoms with Crippen molar-refractivity contribution in [1.82, 2.24) is 10.1 Å². The standard InChI is InChI=1S/C20H22N4O6S/c1-13-3-7-16(8-4-13)22-19(27)20(28)24-23-14(2)15-5-9-17(10-6-15)31(29,30)21-12-11-18(25)26/h3-10,21H,11-12H2,1-2H3,(H,22,27)(H,24,28)(H,25,26)/b23-14-. The van der Waals surface area contributed by atoms with E-state index in [1.54, 1.807) is 31.2 Å². The van der Waals surface area contributed by atoms with Crippen LogP contribution in [0, 0.1) is 6.92 Å². The van der Waals surface area contributed by atoms with E-state index in [2.05, 4.69) is 20.6 Å². The topological polar surface area (TPSA) is 154 Å². The molecule has 2 rings (SSSR count). The number of sulfonamides is 1. The highest BCUT2D eigenvalue weighted by atomic mass is 32.2. The molecule has 0 bridgehead atoms. The minimum atomic E-state index is -3.84. The number of rotatable bonds is 8. The van der Waals surface area contributed by atoms with Crippen molar-refractivity contribution in [2.75, 3.05) is 11.9 Å². The zero-order valence-corrected chi connectivity index (χ0v) is 17.7. The van der Waals surface area contributed by atoms with Crippen LogP contribution < -0.4 is 15.5 Å². The smallest absolute Gasteiger partial charge is 0.329 e. The number of carbonyl (C=O) groups is 3. The van der Waals surface area contributed by atoms with Gasteiger partial charge in [0.05, 0.1) is 17.0 Å². The van der Waals surface area contributed by atoms with E-state index >= 15 is 0 Å². The summed E-state index contributed by atoms with van der Waals surface area (Å²) in [6, 6.07) is 12.5. The number of carboxylic acids is 1. The zero-order chi connectivity index (χ0) is 23.0. The summed E-state index contributed by atoms with van der Waals surface area (Å²) in [5, 5.41) is 14.9. The molecule has 0 fully saturated rings. The van der Waals surface area contributed by atoms with Gasteiger partial charge in [-0.2, -0.15) is 5.10 Å². The molecule has 0 aromatic heterocycles. The van der Waals surface area contributed by atoms with Crippen molar-refractivity contribution in [2.45, 2.75) is 25.2 Å². The molecule has 0 saturated carbocycles. The number of hydrogen-bond acceptors (Lipinski definition) is 6. The minimum absolute atomic E-state index is 0.0454. The van der Waals surface area contributed by atoms with Gasteiger partial charge in [-0.15, -0.1) is 0 Å². The zero-order valence-electron chi connectivity index (χ0n) is 16.9. The van der Waals surface area contributed by atoms with Crippen LogP contribution in [0.1, 0.15) is 24.5 Å². The largest absolute Gasteiger partial charge is 0.481 e. The minimum Gasteiger partial charge on any atom is -0.481 e. The Morgan fingerprint density at radius 1 is 0.968 bits per heavy atom. The third-order valence-electron chi connectivity index (χ3n) is 4.05. The molecule has 0 heterocycles. The van der Waals surface area contributed by atoms with Gasteiger partial charge < -0.3 is 10.4 Å².